The van der Waals surface area contributed by atoms with Crippen molar-refractivity contribution in [3.63, 3.8) is 0 Å². The van der Waals surface area contributed by atoms with Gasteiger partial charge in [-0.2, -0.15) is 0 Å². The van der Waals surface area contributed by atoms with Gasteiger partial charge in [0.2, 0.25) is 0 Å². The third-order valence-electron chi connectivity index (χ3n) is 3.53. The van der Waals surface area contributed by atoms with E-state index >= 15 is 0 Å². The van der Waals surface area contributed by atoms with Crippen molar-refractivity contribution in [3.05, 3.63) is 0 Å². The number of nitrogens with one attached hydrogen (secondary N) is 1. The lowest BCUT2D eigenvalue weighted by atomic mass is 9.90. The molecule has 1 unspecified atom stereocenters. The minimum Gasteiger partial charge on any atom is -0.364 e. The second-order valence-electron chi connectivity index (χ2n) is 7.50. The lowest BCUT2D eigenvalue weighted by Crippen LogP contribution is -2.42. The molecule has 1 aliphatic rings. The van der Waals surface area contributed by atoms with E-state index in [-0.39, 0.29) is 0 Å². The molecule has 1 atom stereocenters. The van der Waals surface area contributed by atoms with Crippen molar-refractivity contribution < 1.29 is 0 Å². The second kappa shape index (κ2) is 7.69. The molecule has 0 aromatic heterocycles. The van der Waals surface area contributed by atoms with Gasteiger partial charge in [-0.05, 0) is 39.5 Å². The quantitative estimate of drug-likeness (QED) is 0.812. The lowest BCUT2D eigenvalue weighted by Gasteiger charge is -2.30. The van der Waals surface area contributed by atoms with Gasteiger partial charge in [0.25, 0.3) is 0 Å². The molecule has 0 radical (unpaired) electrons. The van der Waals surface area contributed by atoms with Gasteiger partial charge in [0.05, 0.1) is 6.54 Å². The van der Waals surface area contributed by atoms with Gasteiger partial charge in [0.1, 0.15) is 0 Å². The van der Waals surface area contributed by atoms with Crippen LogP contribution in [0.2, 0.25) is 0 Å². The molecule has 20 heavy (non-hydrogen) atoms. The van der Waals surface area contributed by atoms with Crippen molar-refractivity contribution in [1.82, 2.24) is 10.2 Å². The SMILES string of the molecule is CC(C)N(CCNC1=NCC(CC(C)(C)C)S1)C(C)C. The zero-order chi connectivity index (χ0) is 15.3. The summed E-state index contributed by atoms with van der Waals surface area (Å²) in [6.07, 6.45) is 1.23. The number of rotatable bonds is 6. The summed E-state index contributed by atoms with van der Waals surface area (Å²) in [6, 6.07) is 1.20. The summed E-state index contributed by atoms with van der Waals surface area (Å²) in [5.74, 6) is 0. The highest BCUT2D eigenvalue weighted by Gasteiger charge is 2.25. The van der Waals surface area contributed by atoms with E-state index in [0.717, 1.165) is 24.8 Å². The summed E-state index contributed by atoms with van der Waals surface area (Å²) in [5.41, 5.74) is 0.398. The average Bonchev–Trinajstić information content (AvgIpc) is 2.68. The van der Waals surface area contributed by atoms with Crippen LogP contribution in [0.3, 0.4) is 0 Å². The van der Waals surface area contributed by atoms with Crippen molar-refractivity contribution in [1.29, 1.82) is 0 Å². The minimum atomic E-state index is 0.398. The molecular weight excluding hydrogens is 266 g/mol. The Balaban J connectivity index is 2.27. The van der Waals surface area contributed by atoms with Crippen LogP contribution in [0.4, 0.5) is 0 Å². The van der Waals surface area contributed by atoms with E-state index in [1.165, 1.54) is 6.42 Å². The summed E-state index contributed by atoms with van der Waals surface area (Å²) in [5, 5.41) is 5.31. The zero-order valence-corrected chi connectivity index (χ0v) is 15.2. The number of amidine groups is 1. The fourth-order valence-electron chi connectivity index (χ4n) is 2.71. The summed E-state index contributed by atoms with van der Waals surface area (Å²) >= 11 is 1.93. The van der Waals surface area contributed by atoms with Gasteiger partial charge < -0.3 is 5.32 Å². The first-order chi connectivity index (χ1) is 9.19. The van der Waals surface area contributed by atoms with E-state index in [4.69, 9.17) is 0 Å². The number of hydrogen-bond donors (Lipinski definition) is 1. The van der Waals surface area contributed by atoms with Crippen LogP contribution < -0.4 is 5.32 Å². The number of hydrogen-bond acceptors (Lipinski definition) is 4. The first kappa shape index (κ1) is 17.8. The van der Waals surface area contributed by atoms with Gasteiger partial charge >= 0.3 is 0 Å². The van der Waals surface area contributed by atoms with Crippen LogP contribution in [0, 0.1) is 5.41 Å². The van der Waals surface area contributed by atoms with Crippen molar-refractivity contribution >= 4 is 16.9 Å². The Labute approximate surface area is 130 Å². The van der Waals surface area contributed by atoms with Crippen LogP contribution in [0.25, 0.3) is 0 Å². The molecular formula is C16H33N3S. The molecule has 3 nitrogen and oxygen atoms in total. The van der Waals surface area contributed by atoms with Crippen molar-refractivity contribution in [2.24, 2.45) is 10.4 Å². The first-order valence-corrected chi connectivity index (χ1v) is 8.77. The summed E-state index contributed by atoms with van der Waals surface area (Å²) in [4.78, 5) is 7.15. The molecule has 0 aliphatic carbocycles. The molecule has 1 rings (SSSR count). The molecule has 0 fully saturated rings. The van der Waals surface area contributed by atoms with Gasteiger partial charge in [-0.15, -0.1) is 0 Å². The molecule has 0 bridgehead atoms. The average molecular weight is 300 g/mol. The molecule has 0 aromatic carbocycles. The molecule has 0 spiro atoms. The summed E-state index contributed by atoms with van der Waals surface area (Å²) in [6.45, 7) is 19.0. The molecule has 1 heterocycles. The maximum absolute atomic E-state index is 4.64. The highest BCUT2D eigenvalue weighted by molar-refractivity contribution is 8.14. The largest absolute Gasteiger partial charge is 0.364 e. The number of thioether (sulfide) groups is 1. The molecule has 0 amide bonds. The molecule has 0 aromatic rings. The highest BCUT2D eigenvalue weighted by atomic mass is 32.2. The zero-order valence-electron chi connectivity index (χ0n) is 14.4. The Morgan fingerprint density at radius 1 is 1.25 bits per heavy atom. The number of nitrogens with zero attached hydrogens (tertiary/aromatic N) is 2. The maximum Gasteiger partial charge on any atom is 0.156 e. The van der Waals surface area contributed by atoms with Crippen LogP contribution >= 0.6 is 11.8 Å². The normalized spacial score (nSPS) is 20.1. The molecule has 4 heteroatoms. The van der Waals surface area contributed by atoms with Gasteiger partial charge in [-0.3, -0.25) is 9.89 Å². The predicted octanol–water partition coefficient (Wildman–Crippen LogP) is 3.60. The molecule has 1 N–H and O–H groups in total. The Morgan fingerprint density at radius 2 is 1.85 bits per heavy atom. The smallest absolute Gasteiger partial charge is 0.156 e. The Kier molecular flexibility index (Phi) is 6.86. The predicted molar refractivity (Wildman–Crippen MR) is 92.7 cm³/mol. The number of aliphatic imine (C=N–C) groups is 1. The van der Waals surface area contributed by atoms with Gasteiger partial charge in [-0.25, -0.2) is 0 Å². The van der Waals surface area contributed by atoms with Gasteiger partial charge in [0.15, 0.2) is 5.17 Å². The third kappa shape index (κ3) is 6.49. The van der Waals surface area contributed by atoms with Crippen LogP contribution in [0.5, 0.6) is 0 Å². The van der Waals surface area contributed by atoms with Crippen molar-refractivity contribution in [2.75, 3.05) is 19.6 Å². The molecule has 0 saturated heterocycles. The van der Waals surface area contributed by atoms with Gasteiger partial charge in [0, 0.05) is 30.4 Å². The summed E-state index contributed by atoms with van der Waals surface area (Å²) < 4.78 is 0. The Bertz CT molecular complexity index is 310. The van der Waals surface area contributed by atoms with Gasteiger partial charge in [-0.1, -0.05) is 32.5 Å². The van der Waals surface area contributed by atoms with E-state index in [9.17, 15) is 0 Å². The highest BCUT2D eigenvalue weighted by Crippen LogP contribution is 2.31. The van der Waals surface area contributed by atoms with Crippen molar-refractivity contribution in [3.8, 4) is 0 Å². The second-order valence-corrected chi connectivity index (χ2v) is 8.79. The lowest BCUT2D eigenvalue weighted by molar-refractivity contribution is 0.178. The topological polar surface area (TPSA) is 27.6 Å². The monoisotopic (exact) mass is 299 g/mol. The third-order valence-corrected chi connectivity index (χ3v) is 4.68. The van der Waals surface area contributed by atoms with Crippen LogP contribution in [-0.2, 0) is 0 Å². The van der Waals surface area contributed by atoms with E-state index in [1.807, 2.05) is 11.8 Å². The van der Waals surface area contributed by atoms with Crippen molar-refractivity contribution in [2.45, 2.75) is 72.2 Å². The van der Waals surface area contributed by atoms with E-state index in [0.29, 0.717) is 22.7 Å². The Morgan fingerprint density at radius 3 is 2.35 bits per heavy atom. The van der Waals surface area contributed by atoms with Crippen LogP contribution in [0.15, 0.2) is 4.99 Å². The van der Waals surface area contributed by atoms with Crippen LogP contribution in [-0.4, -0.2) is 47.0 Å². The summed E-state index contributed by atoms with van der Waals surface area (Å²) in [7, 11) is 0. The molecule has 0 saturated carbocycles. The fraction of sp³-hybridized carbons (Fsp3) is 0.938. The fourth-order valence-corrected chi connectivity index (χ4v) is 4.09. The standard InChI is InChI=1S/C16H33N3S/c1-12(2)19(13(3)4)9-8-17-15-18-11-14(20-15)10-16(5,6)7/h12-14H,8-11H2,1-7H3,(H,17,18). The van der Waals surface area contributed by atoms with E-state index < -0.39 is 0 Å². The Hall–Kier alpha value is -0.220. The minimum absolute atomic E-state index is 0.398. The molecule has 1 aliphatic heterocycles. The van der Waals surface area contributed by atoms with E-state index in [2.05, 4.69) is 63.7 Å². The van der Waals surface area contributed by atoms with Crippen LogP contribution in [0.1, 0.15) is 54.9 Å². The first-order valence-electron chi connectivity index (χ1n) is 7.90. The molecule has 118 valence electrons. The maximum atomic E-state index is 4.64. The van der Waals surface area contributed by atoms with E-state index in [1.54, 1.807) is 0 Å².